The van der Waals surface area contributed by atoms with Crippen LogP contribution in [0.5, 0.6) is 0 Å². The van der Waals surface area contributed by atoms with Crippen LogP contribution in [0.1, 0.15) is 42.6 Å². The van der Waals surface area contributed by atoms with Crippen molar-refractivity contribution in [2.75, 3.05) is 6.61 Å². The Hall–Kier alpha value is -0.870. The van der Waals surface area contributed by atoms with Gasteiger partial charge in [0, 0.05) is 10.0 Å². The molecule has 4 heteroatoms. The maximum absolute atomic E-state index is 12.2. The van der Waals surface area contributed by atoms with Crippen LogP contribution in [-0.4, -0.2) is 23.2 Å². The van der Waals surface area contributed by atoms with Crippen molar-refractivity contribution in [3.8, 4) is 0 Å². The van der Waals surface area contributed by atoms with Gasteiger partial charge in [-0.05, 0) is 43.5 Å². The van der Waals surface area contributed by atoms with Crippen molar-refractivity contribution in [1.82, 2.24) is 5.32 Å². The number of hydrogen-bond acceptors (Lipinski definition) is 2. The molecule has 3 nitrogen and oxygen atoms in total. The molecule has 0 atom stereocenters. The molecule has 100 valence electrons. The third kappa shape index (κ3) is 3.56. The number of hydrogen-bond donors (Lipinski definition) is 2. The zero-order chi connectivity index (χ0) is 13.8. The van der Waals surface area contributed by atoms with Crippen molar-refractivity contribution >= 4 is 21.8 Å². The summed E-state index contributed by atoms with van der Waals surface area (Å²) in [7, 11) is 0. The molecule has 2 N–H and O–H groups in total. The molecule has 0 unspecified atom stereocenters. The van der Waals surface area contributed by atoms with Crippen LogP contribution in [-0.2, 0) is 0 Å². The molecule has 0 heterocycles. The second kappa shape index (κ2) is 6.34. The Morgan fingerprint density at radius 1 is 1.33 bits per heavy atom. The summed E-state index contributed by atoms with van der Waals surface area (Å²) in [5, 5.41) is 12.4. The van der Waals surface area contributed by atoms with E-state index in [2.05, 4.69) is 21.2 Å². The zero-order valence-electron chi connectivity index (χ0n) is 11.1. The highest BCUT2D eigenvalue weighted by Gasteiger charge is 2.27. The number of nitrogens with one attached hydrogen (secondary N) is 1. The van der Waals surface area contributed by atoms with Gasteiger partial charge in [-0.25, -0.2) is 0 Å². The topological polar surface area (TPSA) is 49.3 Å². The van der Waals surface area contributed by atoms with Gasteiger partial charge in [0.15, 0.2) is 0 Å². The first-order chi connectivity index (χ1) is 8.46. The van der Waals surface area contributed by atoms with Crippen molar-refractivity contribution in [2.45, 2.75) is 39.2 Å². The Kier molecular flexibility index (Phi) is 5.35. The Morgan fingerprint density at radius 3 is 2.39 bits per heavy atom. The van der Waals surface area contributed by atoms with Crippen LogP contribution in [0.2, 0.25) is 0 Å². The van der Waals surface area contributed by atoms with Gasteiger partial charge in [-0.2, -0.15) is 0 Å². The average molecular weight is 314 g/mol. The molecule has 0 aliphatic carbocycles. The Balaban J connectivity index is 2.94. The minimum Gasteiger partial charge on any atom is -0.394 e. The number of carbonyl (C=O) groups is 1. The van der Waals surface area contributed by atoms with Gasteiger partial charge in [0.1, 0.15) is 0 Å². The number of amides is 1. The quantitative estimate of drug-likeness (QED) is 0.877. The Bertz CT molecular complexity index is 399. The molecule has 0 radical (unpaired) electrons. The van der Waals surface area contributed by atoms with Gasteiger partial charge < -0.3 is 10.4 Å². The van der Waals surface area contributed by atoms with E-state index in [1.165, 1.54) is 0 Å². The predicted octanol–water partition coefficient (Wildman–Crippen LogP) is 3.04. The molecule has 1 aromatic carbocycles. The van der Waals surface area contributed by atoms with Gasteiger partial charge in [0.2, 0.25) is 0 Å². The van der Waals surface area contributed by atoms with Gasteiger partial charge in [0.05, 0.1) is 12.1 Å². The molecule has 0 spiro atoms. The van der Waals surface area contributed by atoms with Crippen LogP contribution < -0.4 is 5.32 Å². The maximum Gasteiger partial charge on any atom is 0.251 e. The lowest BCUT2D eigenvalue weighted by Gasteiger charge is -2.30. The minimum atomic E-state index is -0.521. The lowest BCUT2D eigenvalue weighted by molar-refractivity contribution is 0.0817. The highest BCUT2D eigenvalue weighted by atomic mass is 79.9. The Morgan fingerprint density at radius 2 is 1.94 bits per heavy atom. The first kappa shape index (κ1) is 15.2. The first-order valence-electron chi connectivity index (χ1n) is 6.17. The molecule has 0 aromatic heterocycles. The van der Waals surface area contributed by atoms with E-state index in [1.807, 2.05) is 32.9 Å². The van der Waals surface area contributed by atoms with E-state index in [4.69, 9.17) is 0 Å². The fourth-order valence-corrected chi connectivity index (χ4v) is 2.48. The van der Waals surface area contributed by atoms with Crippen LogP contribution in [0.15, 0.2) is 22.7 Å². The predicted molar refractivity (Wildman–Crippen MR) is 76.7 cm³/mol. The van der Waals surface area contributed by atoms with Gasteiger partial charge in [-0.1, -0.05) is 29.8 Å². The highest BCUT2D eigenvalue weighted by Crippen LogP contribution is 2.18. The average Bonchev–Trinajstić information content (AvgIpc) is 2.35. The van der Waals surface area contributed by atoms with Gasteiger partial charge in [0.25, 0.3) is 5.91 Å². The lowest BCUT2D eigenvalue weighted by atomic mass is 9.93. The summed E-state index contributed by atoms with van der Waals surface area (Å²) in [5.74, 6) is -0.142. The first-order valence-corrected chi connectivity index (χ1v) is 6.96. The van der Waals surface area contributed by atoms with E-state index < -0.39 is 5.54 Å². The molecule has 1 aromatic rings. The number of aliphatic hydroxyl groups is 1. The number of aryl methyl sites for hydroxylation is 1. The van der Waals surface area contributed by atoms with Crippen LogP contribution in [0.3, 0.4) is 0 Å². The second-order valence-corrected chi connectivity index (χ2v) is 5.53. The summed E-state index contributed by atoms with van der Waals surface area (Å²) in [5.41, 5.74) is 1.12. The molecule has 0 aliphatic heterocycles. The van der Waals surface area contributed by atoms with E-state index in [-0.39, 0.29) is 12.5 Å². The van der Waals surface area contributed by atoms with E-state index in [0.29, 0.717) is 18.4 Å². The van der Waals surface area contributed by atoms with Crippen LogP contribution in [0, 0.1) is 6.92 Å². The highest BCUT2D eigenvalue weighted by molar-refractivity contribution is 9.10. The van der Waals surface area contributed by atoms with Gasteiger partial charge >= 0.3 is 0 Å². The van der Waals surface area contributed by atoms with Gasteiger partial charge in [-0.15, -0.1) is 0 Å². The largest absolute Gasteiger partial charge is 0.394 e. The molecule has 0 fully saturated rings. The monoisotopic (exact) mass is 313 g/mol. The fourth-order valence-electron chi connectivity index (χ4n) is 1.87. The van der Waals surface area contributed by atoms with Crippen molar-refractivity contribution in [3.63, 3.8) is 0 Å². The summed E-state index contributed by atoms with van der Waals surface area (Å²) in [6.45, 7) is 5.83. The SMILES string of the molecule is CCC(CC)(CO)NC(=O)c1cc(C)cc(Br)c1. The third-order valence-electron chi connectivity index (χ3n) is 3.34. The molecular formula is C14H20BrNO2. The maximum atomic E-state index is 12.2. The molecule has 1 amide bonds. The smallest absolute Gasteiger partial charge is 0.251 e. The summed E-state index contributed by atoms with van der Waals surface area (Å²) in [4.78, 5) is 12.2. The van der Waals surface area contributed by atoms with Crippen molar-refractivity contribution in [1.29, 1.82) is 0 Å². The van der Waals surface area contributed by atoms with Crippen molar-refractivity contribution < 1.29 is 9.90 Å². The third-order valence-corrected chi connectivity index (χ3v) is 3.80. The number of carbonyl (C=O) groups excluding carboxylic acids is 1. The number of aliphatic hydroxyl groups excluding tert-OH is 1. The van der Waals surface area contributed by atoms with E-state index in [1.54, 1.807) is 6.07 Å². The van der Waals surface area contributed by atoms with Crippen molar-refractivity contribution in [3.05, 3.63) is 33.8 Å². The molecule has 0 saturated carbocycles. The summed E-state index contributed by atoms with van der Waals surface area (Å²) in [6, 6.07) is 5.58. The summed E-state index contributed by atoms with van der Waals surface area (Å²) in [6.07, 6.45) is 1.41. The number of benzene rings is 1. The van der Waals surface area contributed by atoms with Crippen LogP contribution in [0.4, 0.5) is 0 Å². The number of halogens is 1. The van der Waals surface area contributed by atoms with E-state index >= 15 is 0 Å². The summed E-state index contributed by atoms with van der Waals surface area (Å²) >= 11 is 3.38. The van der Waals surface area contributed by atoms with Gasteiger partial charge in [-0.3, -0.25) is 4.79 Å². The zero-order valence-corrected chi connectivity index (χ0v) is 12.7. The van der Waals surface area contributed by atoms with Crippen molar-refractivity contribution in [2.24, 2.45) is 0 Å². The fraction of sp³-hybridized carbons (Fsp3) is 0.500. The molecule has 0 saturated heterocycles. The summed E-state index contributed by atoms with van der Waals surface area (Å²) < 4.78 is 0.884. The number of rotatable bonds is 5. The van der Waals surface area contributed by atoms with Crippen LogP contribution in [0.25, 0.3) is 0 Å². The lowest BCUT2D eigenvalue weighted by Crippen LogP contribution is -2.50. The minimum absolute atomic E-state index is 0.0429. The molecule has 1 rings (SSSR count). The van der Waals surface area contributed by atoms with E-state index in [0.717, 1.165) is 10.0 Å². The van der Waals surface area contributed by atoms with Crippen LogP contribution >= 0.6 is 15.9 Å². The van der Waals surface area contributed by atoms with E-state index in [9.17, 15) is 9.90 Å². The molecular weight excluding hydrogens is 294 g/mol. The Labute approximate surface area is 117 Å². The molecule has 0 bridgehead atoms. The standard InChI is InChI=1S/C14H20BrNO2/c1-4-14(5-2,9-17)16-13(18)11-6-10(3)7-12(15)8-11/h6-8,17H,4-5,9H2,1-3H3,(H,16,18). The normalized spacial score (nSPS) is 11.4. The molecule has 18 heavy (non-hydrogen) atoms. The molecule has 0 aliphatic rings. The second-order valence-electron chi connectivity index (χ2n) is 4.62.